The zero-order chi connectivity index (χ0) is 20.9. The number of benzene rings is 2. The highest BCUT2D eigenvalue weighted by Gasteiger charge is 2.22. The Kier molecular flexibility index (Phi) is 7.39. The molecule has 0 N–H and O–H groups in total. The maximum atomic E-state index is 12.3. The van der Waals surface area contributed by atoms with Gasteiger partial charge in [0.25, 0.3) is 20.2 Å². The van der Waals surface area contributed by atoms with Crippen LogP contribution < -0.4 is 0 Å². The van der Waals surface area contributed by atoms with Gasteiger partial charge in [0.2, 0.25) is 0 Å². The molecule has 2 atom stereocenters. The van der Waals surface area contributed by atoms with E-state index in [9.17, 15) is 16.8 Å². The summed E-state index contributed by atoms with van der Waals surface area (Å²) in [6, 6.07) is 12.8. The van der Waals surface area contributed by atoms with Gasteiger partial charge in [-0.2, -0.15) is 16.8 Å². The second kappa shape index (κ2) is 9.17. The average Bonchev–Trinajstić information content (AvgIpc) is 2.65. The van der Waals surface area contributed by atoms with Crippen molar-refractivity contribution < 1.29 is 25.2 Å². The van der Waals surface area contributed by atoms with Crippen molar-refractivity contribution in [1.29, 1.82) is 0 Å². The molecule has 8 heteroatoms. The van der Waals surface area contributed by atoms with Crippen molar-refractivity contribution in [2.75, 3.05) is 13.2 Å². The maximum absolute atomic E-state index is 12.3. The fraction of sp³-hybridized carbons (Fsp3) is 0.400. The molecule has 0 fully saturated rings. The molecule has 0 bridgehead atoms. The molecule has 154 valence electrons. The molecule has 2 aromatic carbocycles. The molecule has 0 unspecified atom stereocenters. The number of rotatable bonds is 9. The molecule has 0 aromatic heterocycles. The predicted molar refractivity (Wildman–Crippen MR) is 107 cm³/mol. The van der Waals surface area contributed by atoms with Gasteiger partial charge in [0, 0.05) is 0 Å². The molecule has 0 saturated carbocycles. The Hall–Kier alpha value is -1.74. The molecule has 2 aromatic rings. The summed E-state index contributed by atoms with van der Waals surface area (Å²) in [4.78, 5) is 0.187. The summed E-state index contributed by atoms with van der Waals surface area (Å²) in [5.41, 5.74) is 1.90. The number of hydrogen-bond donors (Lipinski definition) is 0. The quantitative estimate of drug-likeness (QED) is 0.569. The van der Waals surface area contributed by atoms with Crippen molar-refractivity contribution in [3.8, 4) is 0 Å². The number of hydrogen-bond acceptors (Lipinski definition) is 6. The minimum Gasteiger partial charge on any atom is -0.266 e. The molecule has 0 aliphatic heterocycles. The van der Waals surface area contributed by atoms with Gasteiger partial charge in [-0.05, 0) is 49.9 Å². The van der Waals surface area contributed by atoms with Gasteiger partial charge in [0.05, 0.1) is 23.0 Å². The lowest BCUT2D eigenvalue weighted by atomic mass is 9.98. The van der Waals surface area contributed by atoms with Crippen LogP contribution in [-0.2, 0) is 28.6 Å². The standard InChI is InChI=1S/C20H26O6S2/c1-15-5-9-19(10-6-15)27(21,22)25-13-17(3)18(4)14-26-28(23,24)20-11-7-16(2)8-12-20/h5-12,17-18H,13-14H2,1-4H3/t17-,18-/m0/s1. The van der Waals surface area contributed by atoms with E-state index in [1.54, 1.807) is 38.1 Å². The summed E-state index contributed by atoms with van der Waals surface area (Å²) in [5.74, 6) is -0.457. The molecular weight excluding hydrogens is 400 g/mol. The van der Waals surface area contributed by atoms with E-state index in [-0.39, 0.29) is 34.8 Å². The van der Waals surface area contributed by atoms with E-state index >= 15 is 0 Å². The van der Waals surface area contributed by atoms with Crippen LogP contribution in [0.2, 0.25) is 0 Å². The van der Waals surface area contributed by atoms with Gasteiger partial charge in [-0.1, -0.05) is 49.2 Å². The lowest BCUT2D eigenvalue weighted by Gasteiger charge is -2.19. The summed E-state index contributed by atoms with van der Waals surface area (Å²) >= 11 is 0. The Morgan fingerprint density at radius 3 is 1.21 bits per heavy atom. The minimum atomic E-state index is -3.86. The molecule has 0 saturated heterocycles. The van der Waals surface area contributed by atoms with Gasteiger partial charge in [-0.25, -0.2) is 0 Å². The molecular formula is C20H26O6S2. The van der Waals surface area contributed by atoms with E-state index in [1.807, 2.05) is 13.8 Å². The van der Waals surface area contributed by atoms with Crippen LogP contribution in [0, 0.1) is 25.7 Å². The zero-order valence-electron chi connectivity index (χ0n) is 16.5. The topological polar surface area (TPSA) is 86.7 Å². The van der Waals surface area contributed by atoms with Gasteiger partial charge < -0.3 is 0 Å². The fourth-order valence-corrected chi connectivity index (χ4v) is 4.27. The zero-order valence-corrected chi connectivity index (χ0v) is 18.1. The van der Waals surface area contributed by atoms with Crippen LogP contribution >= 0.6 is 0 Å². The smallest absolute Gasteiger partial charge is 0.266 e. The van der Waals surface area contributed by atoms with Crippen LogP contribution in [0.4, 0.5) is 0 Å². The third-order valence-corrected chi connectivity index (χ3v) is 7.15. The molecule has 0 amide bonds. The third kappa shape index (κ3) is 6.13. The van der Waals surface area contributed by atoms with Gasteiger partial charge in [-0.15, -0.1) is 0 Å². The highest BCUT2D eigenvalue weighted by atomic mass is 32.2. The summed E-state index contributed by atoms with van der Waals surface area (Å²) in [6.45, 7) is 7.18. The molecule has 2 rings (SSSR count). The van der Waals surface area contributed by atoms with Crippen LogP contribution in [0.5, 0.6) is 0 Å². The normalized spacial score (nSPS) is 14.6. The van der Waals surface area contributed by atoms with E-state index in [1.165, 1.54) is 24.3 Å². The Bertz CT molecular complexity index is 894. The maximum Gasteiger partial charge on any atom is 0.296 e. The van der Waals surface area contributed by atoms with Crippen molar-refractivity contribution in [2.24, 2.45) is 11.8 Å². The summed E-state index contributed by atoms with van der Waals surface area (Å²) in [5, 5.41) is 0. The van der Waals surface area contributed by atoms with Crippen LogP contribution in [0.1, 0.15) is 25.0 Å². The largest absolute Gasteiger partial charge is 0.296 e. The van der Waals surface area contributed by atoms with Crippen molar-refractivity contribution in [3.63, 3.8) is 0 Å². The molecule has 0 aliphatic carbocycles. The van der Waals surface area contributed by atoms with E-state index in [0.29, 0.717) is 0 Å². The molecule has 28 heavy (non-hydrogen) atoms. The van der Waals surface area contributed by atoms with E-state index in [0.717, 1.165) is 11.1 Å². The number of aryl methyl sites for hydroxylation is 2. The van der Waals surface area contributed by atoms with Crippen LogP contribution in [0.3, 0.4) is 0 Å². The summed E-state index contributed by atoms with van der Waals surface area (Å²) < 4.78 is 59.3. The minimum absolute atomic E-state index is 0.0642. The first kappa shape index (κ1) is 22.5. The Balaban J connectivity index is 1.91. The first-order chi connectivity index (χ1) is 13.0. The SMILES string of the molecule is Cc1ccc(S(=O)(=O)OC[C@H](C)[C@@H](C)COS(=O)(=O)c2ccc(C)cc2)cc1. The lowest BCUT2D eigenvalue weighted by molar-refractivity contribution is 0.169. The molecule has 6 nitrogen and oxygen atoms in total. The lowest BCUT2D eigenvalue weighted by Crippen LogP contribution is -2.23. The Morgan fingerprint density at radius 2 is 0.929 bits per heavy atom. The van der Waals surface area contributed by atoms with Gasteiger partial charge in [0.15, 0.2) is 0 Å². The van der Waals surface area contributed by atoms with E-state index in [4.69, 9.17) is 8.37 Å². The first-order valence-corrected chi connectivity index (χ1v) is 11.7. The van der Waals surface area contributed by atoms with Gasteiger partial charge in [-0.3, -0.25) is 8.37 Å². The van der Waals surface area contributed by atoms with Gasteiger partial charge >= 0.3 is 0 Å². The highest BCUT2D eigenvalue weighted by molar-refractivity contribution is 7.87. The fourth-order valence-electron chi connectivity index (χ4n) is 2.27. The molecule has 0 aliphatic rings. The molecule has 0 heterocycles. The van der Waals surface area contributed by atoms with Crippen molar-refractivity contribution in [1.82, 2.24) is 0 Å². The van der Waals surface area contributed by atoms with E-state index in [2.05, 4.69) is 0 Å². The van der Waals surface area contributed by atoms with Crippen molar-refractivity contribution in [2.45, 2.75) is 37.5 Å². The monoisotopic (exact) mass is 426 g/mol. The second-order valence-electron chi connectivity index (χ2n) is 7.06. The van der Waals surface area contributed by atoms with Gasteiger partial charge in [0.1, 0.15) is 0 Å². The second-order valence-corrected chi connectivity index (χ2v) is 10.3. The highest BCUT2D eigenvalue weighted by Crippen LogP contribution is 2.20. The first-order valence-electron chi connectivity index (χ1n) is 8.93. The molecule has 0 radical (unpaired) electrons. The summed E-state index contributed by atoms with van der Waals surface area (Å²) in [7, 11) is -7.71. The van der Waals surface area contributed by atoms with Crippen LogP contribution in [0.25, 0.3) is 0 Å². The van der Waals surface area contributed by atoms with E-state index < -0.39 is 20.2 Å². The summed E-state index contributed by atoms with van der Waals surface area (Å²) in [6.07, 6.45) is 0. The predicted octanol–water partition coefficient (Wildman–Crippen LogP) is 3.69. The van der Waals surface area contributed by atoms with Crippen molar-refractivity contribution in [3.05, 3.63) is 59.7 Å². The average molecular weight is 427 g/mol. The van der Waals surface area contributed by atoms with Crippen molar-refractivity contribution >= 4 is 20.2 Å². The Labute approximate surface area is 167 Å². The Morgan fingerprint density at radius 1 is 0.643 bits per heavy atom. The van der Waals surface area contributed by atoms with Crippen LogP contribution in [0.15, 0.2) is 58.3 Å². The third-order valence-electron chi connectivity index (χ3n) is 4.56. The molecule has 0 spiro atoms. The van der Waals surface area contributed by atoms with Crippen LogP contribution in [-0.4, -0.2) is 30.0 Å².